The molecule has 0 saturated carbocycles. The summed E-state index contributed by atoms with van der Waals surface area (Å²) in [6.45, 7) is 7.39. The number of allylic oxidation sites excluding steroid dienone is 1. The Labute approximate surface area is 421 Å². The lowest BCUT2D eigenvalue weighted by atomic mass is 10.0. The SMILES string of the molecule is C=CC(=O)Cc1cccc(C)c1Nc1ncc2cc(-c3c(Cl)c(OC)cc(OC)c3Cl)c(=O)n(C)c2n1.COc1cc(OC)c(Cl)c(-c2cc3cnc(Nc4c(C)cccc4N)nc3n(C)c2=O)c1Cl. The highest BCUT2D eigenvalue weighted by Crippen LogP contribution is 2.47. The first-order chi connectivity index (χ1) is 33.5. The van der Waals surface area contributed by atoms with Crippen molar-refractivity contribution in [3.8, 4) is 45.3 Å². The van der Waals surface area contributed by atoms with Crippen LogP contribution in [0.4, 0.5) is 29.0 Å². The van der Waals surface area contributed by atoms with Crippen LogP contribution in [0.2, 0.25) is 20.1 Å². The van der Waals surface area contributed by atoms with Crippen LogP contribution in [0.3, 0.4) is 0 Å². The van der Waals surface area contributed by atoms with Crippen LogP contribution in [0.15, 0.2) is 95.3 Å². The molecule has 16 nitrogen and oxygen atoms in total. The van der Waals surface area contributed by atoms with Crippen molar-refractivity contribution < 1.29 is 23.7 Å². The van der Waals surface area contributed by atoms with Gasteiger partial charge in [0.2, 0.25) is 11.9 Å². The van der Waals surface area contributed by atoms with E-state index in [9.17, 15) is 14.4 Å². The molecule has 0 radical (unpaired) electrons. The molecule has 20 heteroatoms. The van der Waals surface area contributed by atoms with Gasteiger partial charge in [-0.05, 0) is 54.8 Å². The predicted octanol–water partition coefficient (Wildman–Crippen LogP) is 10.6. The van der Waals surface area contributed by atoms with Gasteiger partial charge in [-0.3, -0.25) is 23.5 Å². The number of carbonyl (C=O) groups is 1. The molecule has 0 aliphatic rings. The minimum Gasteiger partial charge on any atom is -0.495 e. The summed E-state index contributed by atoms with van der Waals surface area (Å²) in [5.41, 5.74) is 11.9. The van der Waals surface area contributed by atoms with Crippen molar-refractivity contribution in [2.75, 3.05) is 44.8 Å². The maximum atomic E-state index is 13.5. The van der Waals surface area contributed by atoms with Gasteiger partial charge in [-0.15, -0.1) is 0 Å². The maximum Gasteiger partial charge on any atom is 0.259 e. The molecule has 70 heavy (non-hydrogen) atoms. The molecule has 0 amide bonds. The number of halogens is 4. The summed E-state index contributed by atoms with van der Waals surface area (Å²) in [4.78, 5) is 56.7. The van der Waals surface area contributed by atoms with Crippen LogP contribution in [-0.4, -0.2) is 63.3 Å². The number of rotatable bonds is 13. The topological polar surface area (TPSA) is 200 Å². The molecule has 0 bridgehead atoms. The Bertz CT molecular complexity index is 3450. The number of ether oxygens (including phenoxy) is 4. The number of aryl methyl sites for hydroxylation is 4. The number of hydrogen-bond donors (Lipinski definition) is 3. The number of nitrogen functional groups attached to an aromatic ring is 1. The Balaban J connectivity index is 0.000000208. The summed E-state index contributed by atoms with van der Waals surface area (Å²) in [7, 11) is 9.10. The lowest BCUT2D eigenvalue weighted by Gasteiger charge is -2.16. The third-order valence-electron chi connectivity index (χ3n) is 11.3. The van der Waals surface area contributed by atoms with Crippen LogP contribution in [0.25, 0.3) is 44.3 Å². The fourth-order valence-electron chi connectivity index (χ4n) is 7.62. The minimum absolute atomic E-state index is 0.102. The zero-order valence-corrected chi connectivity index (χ0v) is 42.1. The second-order valence-electron chi connectivity index (χ2n) is 15.6. The summed E-state index contributed by atoms with van der Waals surface area (Å²) < 4.78 is 24.2. The van der Waals surface area contributed by atoms with Gasteiger partial charge in [0.1, 0.15) is 34.3 Å². The summed E-state index contributed by atoms with van der Waals surface area (Å²) in [6, 6.07) is 17.6. The molecule has 8 aromatic rings. The largest absolute Gasteiger partial charge is 0.495 e. The van der Waals surface area contributed by atoms with Crippen LogP contribution in [0.5, 0.6) is 23.0 Å². The van der Waals surface area contributed by atoms with Gasteiger partial charge in [0, 0.05) is 72.6 Å². The molecule has 0 aliphatic carbocycles. The zero-order chi connectivity index (χ0) is 50.7. The third-order valence-corrected chi connectivity index (χ3v) is 12.8. The lowest BCUT2D eigenvalue weighted by Crippen LogP contribution is -2.20. The Kier molecular flexibility index (Phi) is 15.2. The number of nitrogens with zero attached hydrogens (tertiary/aromatic N) is 6. The van der Waals surface area contributed by atoms with Crippen molar-refractivity contribution in [3.05, 3.63) is 143 Å². The number of benzene rings is 4. The normalized spacial score (nSPS) is 10.9. The maximum absolute atomic E-state index is 13.5. The van der Waals surface area contributed by atoms with E-state index in [1.165, 1.54) is 43.6 Å². The standard InChI is InChI=1S/C27H24Cl2N4O4.C23H21Cl2N5O3/c1-6-17(34)10-15-9-7-8-14(2)24(15)31-27-30-13-16-11-18(26(35)33(3)25(16)32-27)21-22(28)19(36-4)12-20(37-5)23(21)29;1-11-6-5-7-14(26)20(11)28-23-27-10-12-8-13(22(31)30(2)21(12)29-23)17-18(24)15(32-3)9-16(33-4)19(17)25/h6-9,11-13H,1,10H2,2-5H3,(H,30,31,32);5-10H,26H2,1-4H3,(H,27,28,29). The predicted molar refractivity (Wildman–Crippen MR) is 279 cm³/mol. The number of pyridine rings is 2. The Morgan fingerprint density at radius 1 is 0.657 bits per heavy atom. The number of fused-ring (bicyclic) bond motifs is 2. The molecule has 4 N–H and O–H groups in total. The number of aromatic nitrogens is 6. The average molecular weight is 1030 g/mol. The van der Waals surface area contributed by atoms with Gasteiger partial charge in [-0.1, -0.05) is 83.3 Å². The van der Waals surface area contributed by atoms with Crippen LogP contribution >= 0.6 is 46.4 Å². The van der Waals surface area contributed by atoms with Gasteiger partial charge in [-0.25, -0.2) is 9.97 Å². The Morgan fingerprint density at radius 3 is 1.46 bits per heavy atom. The number of nitrogens with two attached hydrogens (primary N) is 1. The molecular formula is C50H45Cl4N9O7. The fraction of sp³-hybridized carbons (Fsp3) is 0.180. The molecule has 0 unspecified atom stereocenters. The van der Waals surface area contributed by atoms with E-state index < -0.39 is 0 Å². The van der Waals surface area contributed by atoms with Crippen molar-refractivity contribution in [2.45, 2.75) is 20.3 Å². The van der Waals surface area contributed by atoms with E-state index >= 15 is 0 Å². The fourth-order valence-corrected chi connectivity index (χ4v) is 9.02. The molecule has 4 aromatic carbocycles. The summed E-state index contributed by atoms with van der Waals surface area (Å²) >= 11 is 26.2. The molecule has 4 aromatic heterocycles. The smallest absolute Gasteiger partial charge is 0.259 e. The van der Waals surface area contributed by atoms with E-state index in [1.54, 1.807) is 56.8 Å². The Hall–Kier alpha value is -7.37. The lowest BCUT2D eigenvalue weighted by molar-refractivity contribution is -0.114. The molecule has 8 rings (SSSR count). The zero-order valence-electron chi connectivity index (χ0n) is 39.0. The van der Waals surface area contributed by atoms with Crippen molar-refractivity contribution in [3.63, 3.8) is 0 Å². The first-order valence-corrected chi connectivity index (χ1v) is 22.5. The van der Waals surface area contributed by atoms with Crippen molar-refractivity contribution in [1.82, 2.24) is 29.1 Å². The summed E-state index contributed by atoms with van der Waals surface area (Å²) in [5.74, 6) is 1.79. The van der Waals surface area contributed by atoms with E-state index in [0.29, 0.717) is 73.5 Å². The molecule has 4 heterocycles. The average Bonchev–Trinajstić information content (AvgIpc) is 3.35. The molecule has 0 spiro atoms. The first-order valence-electron chi connectivity index (χ1n) is 21.0. The van der Waals surface area contributed by atoms with Crippen LogP contribution in [-0.2, 0) is 25.3 Å². The van der Waals surface area contributed by atoms with Crippen molar-refractivity contribution >= 4 is 103 Å². The van der Waals surface area contributed by atoms with E-state index in [2.05, 4.69) is 37.1 Å². The monoisotopic (exact) mass is 1020 g/mol. The molecule has 0 saturated heterocycles. The second kappa shape index (κ2) is 21.1. The molecule has 360 valence electrons. The van der Waals surface area contributed by atoms with Gasteiger partial charge in [0.25, 0.3) is 11.1 Å². The molecule has 0 atom stereocenters. The van der Waals surface area contributed by atoms with Gasteiger partial charge in [0.15, 0.2) is 5.78 Å². The number of hydrogen-bond acceptors (Lipinski definition) is 14. The van der Waals surface area contributed by atoms with E-state index in [0.717, 1.165) is 22.4 Å². The van der Waals surface area contributed by atoms with Crippen LogP contribution in [0, 0.1) is 13.8 Å². The number of para-hydroxylation sites is 2. The van der Waals surface area contributed by atoms with Crippen molar-refractivity contribution in [1.29, 1.82) is 0 Å². The van der Waals surface area contributed by atoms with Gasteiger partial charge >= 0.3 is 0 Å². The van der Waals surface area contributed by atoms with Crippen LogP contribution < -0.4 is 46.4 Å². The van der Waals surface area contributed by atoms with Gasteiger partial charge in [0.05, 0.1) is 71.0 Å². The first kappa shape index (κ1) is 50.5. The van der Waals surface area contributed by atoms with Crippen LogP contribution in [0.1, 0.15) is 16.7 Å². The molecule has 0 fully saturated rings. The highest BCUT2D eigenvalue weighted by molar-refractivity contribution is 6.42. The summed E-state index contributed by atoms with van der Waals surface area (Å²) in [5, 5.41) is 8.32. The van der Waals surface area contributed by atoms with E-state index in [1.807, 2.05) is 44.2 Å². The van der Waals surface area contributed by atoms with Gasteiger partial charge < -0.3 is 35.3 Å². The van der Waals surface area contributed by atoms with E-state index in [-0.39, 0.29) is 60.5 Å². The van der Waals surface area contributed by atoms with Crippen molar-refractivity contribution in [2.24, 2.45) is 14.1 Å². The highest BCUT2D eigenvalue weighted by Gasteiger charge is 2.25. The number of ketones is 1. The number of carbonyl (C=O) groups excluding carboxylic acids is 1. The van der Waals surface area contributed by atoms with E-state index in [4.69, 9.17) is 71.1 Å². The van der Waals surface area contributed by atoms with Gasteiger partial charge in [-0.2, -0.15) is 9.97 Å². The number of methoxy groups -OCH3 is 4. The second-order valence-corrected chi connectivity index (χ2v) is 17.1. The number of anilines is 5. The quantitative estimate of drug-likeness (QED) is 0.0728. The Morgan fingerprint density at radius 2 is 1.06 bits per heavy atom. The third kappa shape index (κ3) is 9.76. The minimum atomic E-state index is -0.371. The highest BCUT2D eigenvalue weighted by atomic mass is 35.5. The summed E-state index contributed by atoms with van der Waals surface area (Å²) in [6.07, 6.45) is 4.69. The molecular weight excluding hydrogens is 980 g/mol. The molecule has 0 aliphatic heterocycles. The number of nitrogens with one attached hydrogen (secondary N) is 2.